The summed E-state index contributed by atoms with van der Waals surface area (Å²) in [5, 5.41) is 6.38. The standard InChI is InChI=1S/C22H27N3O4/c1-28-15-22(7-9-23-10-8-22)14-24-21(27)20-17(6-11-29-20)13-25-18-5-3-2-4-16(18)12-19(25)26/h2-6,11,23H,7-10,12-15H2,1H3,(H,24,27). The van der Waals surface area contributed by atoms with Gasteiger partial charge in [-0.05, 0) is 43.6 Å². The zero-order valence-electron chi connectivity index (χ0n) is 16.7. The lowest BCUT2D eigenvalue weighted by molar-refractivity contribution is -0.117. The number of furan rings is 1. The molecular formula is C22H27N3O4. The van der Waals surface area contributed by atoms with E-state index >= 15 is 0 Å². The highest BCUT2D eigenvalue weighted by atomic mass is 16.5. The largest absolute Gasteiger partial charge is 0.459 e. The monoisotopic (exact) mass is 397 g/mol. The molecule has 2 aliphatic rings. The van der Waals surface area contributed by atoms with E-state index in [1.54, 1.807) is 18.1 Å². The van der Waals surface area contributed by atoms with E-state index in [1.165, 1.54) is 6.26 Å². The average Bonchev–Trinajstić information content (AvgIpc) is 3.32. The summed E-state index contributed by atoms with van der Waals surface area (Å²) >= 11 is 0. The van der Waals surface area contributed by atoms with Crippen molar-refractivity contribution in [1.82, 2.24) is 10.6 Å². The van der Waals surface area contributed by atoms with Gasteiger partial charge in [-0.1, -0.05) is 18.2 Å². The molecule has 3 heterocycles. The minimum absolute atomic E-state index is 0.0347. The molecule has 7 heteroatoms. The van der Waals surface area contributed by atoms with E-state index in [0.717, 1.165) is 37.2 Å². The number of ether oxygens (including phenoxy) is 1. The molecule has 154 valence electrons. The maximum absolute atomic E-state index is 12.9. The Kier molecular flexibility index (Phi) is 5.69. The van der Waals surface area contributed by atoms with Crippen molar-refractivity contribution in [2.24, 2.45) is 5.41 Å². The molecule has 2 amide bonds. The van der Waals surface area contributed by atoms with Crippen LogP contribution in [-0.4, -0.2) is 45.2 Å². The zero-order chi connectivity index (χ0) is 20.3. The Labute approximate surface area is 170 Å². The van der Waals surface area contributed by atoms with Crippen LogP contribution in [0.15, 0.2) is 41.0 Å². The van der Waals surface area contributed by atoms with Crippen molar-refractivity contribution in [3.8, 4) is 0 Å². The molecule has 2 aliphatic heterocycles. The molecule has 1 aromatic carbocycles. The van der Waals surface area contributed by atoms with Crippen LogP contribution < -0.4 is 15.5 Å². The lowest BCUT2D eigenvalue weighted by Gasteiger charge is -2.37. The third-order valence-electron chi connectivity index (χ3n) is 5.95. The normalized spacial score (nSPS) is 18.0. The predicted octanol–water partition coefficient (Wildman–Crippen LogP) is 2.11. The molecule has 2 N–H and O–H groups in total. The number of nitrogens with zero attached hydrogens (tertiary/aromatic N) is 1. The highest BCUT2D eigenvalue weighted by Crippen LogP contribution is 2.31. The molecular weight excluding hydrogens is 370 g/mol. The first-order chi connectivity index (χ1) is 14.1. The van der Waals surface area contributed by atoms with Crippen molar-refractivity contribution in [2.75, 3.05) is 38.3 Å². The number of hydrogen-bond donors (Lipinski definition) is 2. The van der Waals surface area contributed by atoms with Crippen LogP contribution in [0.1, 0.15) is 34.5 Å². The Bertz CT molecular complexity index is 880. The van der Waals surface area contributed by atoms with Crippen LogP contribution in [0, 0.1) is 5.41 Å². The second-order valence-corrected chi connectivity index (χ2v) is 7.93. The summed E-state index contributed by atoms with van der Waals surface area (Å²) in [4.78, 5) is 27.0. The van der Waals surface area contributed by atoms with Crippen LogP contribution >= 0.6 is 0 Å². The number of piperidine rings is 1. The molecule has 0 bridgehead atoms. The lowest BCUT2D eigenvalue weighted by atomic mass is 9.79. The van der Waals surface area contributed by atoms with Gasteiger partial charge in [-0.25, -0.2) is 0 Å². The molecule has 2 aromatic rings. The average molecular weight is 397 g/mol. The molecule has 1 fully saturated rings. The molecule has 0 saturated carbocycles. The van der Waals surface area contributed by atoms with E-state index < -0.39 is 0 Å². The molecule has 0 aliphatic carbocycles. The molecule has 1 aromatic heterocycles. The number of fused-ring (bicyclic) bond motifs is 1. The number of amides is 2. The number of nitrogens with one attached hydrogen (secondary N) is 2. The maximum atomic E-state index is 12.9. The number of methoxy groups -OCH3 is 1. The van der Waals surface area contributed by atoms with E-state index in [0.29, 0.717) is 31.7 Å². The number of hydrogen-bond acceptors (Lipinski definition) is 5. The molecule has 0 atom stereocenters. The highest BCUT2D eigenvalue weighted by molar-refractivity contribution is 6.01. The van der Waals surface area contributed by atoms with Gasteiger partial charge in [0.1, 0.15) is 0 Å². The predicted molar refractivity (Wildman–Crippen MR) is 109 cm³/mol. The number of carbonyl (C=O) groups is 2. The minimum Gasteiger partial charge on any atom is -0.459 e. The van der Waals surface area contributed by atoms with Crippen molar-refractivity contribution < 1.29 is 18.7 Å². The van der Waals surface area contributed by atoms with Crippen molar-refractivity contribution in [1.29, 1.82) is 0 Å². The summed E-state index contributed by atoms with van der Waals surface area (Å²) in [5.74, 6) is 0.0511. The van der Waals surface area contributed by atoms with E-state index in [-0.39, 0.29) is 23.0 Å². The highest BCUT2D eigenvalue weighted by Gasteiger charge is 2.33. The fraction of sp³-hybridized carbons (Fsp3) is 0.455. The second-order valence-electron chi connectivity index (χ2n) is 7.93. The minimum atomic E-state index is -0.251. The zero-order valence-corrected chi connectivity index (χ0v) is 16.7. The number of anilines is 1. The summed E-state index contributed by atoms with van der Waals surface area (Å²) in [6, 6.07) is 9.51. The third-order valence-corrected chi connectivity index (χ3v) is 5.95. The lowest BCUT2D eigenvalue weighted by Crippen LogP contribution is -2.47. The SMILES string of the molecule is COCC1(CNC(=O)c2occc2CN2C(=O)Cc3ccccc32)CCNCC1. The summed E-state index contributed by atoms with van der Waals surface area (Å²) in [6.45, 7) is 3.30. The van der Waals surface area contributed by atoms with E-state index in [2.05, 4.69) is 10.6 Å². The Morgan fingerprint density at radius 2 is 2.07 bits per heavy atom. The van der Waals surface area contributed by atoms with Gasteiger partial charge in [-0.15, -0.1) is 0 Å². The van der Waals surface area contributed by atoms with Gasteiger partial charge < -0.3 is 24.7 Å². The Balaban J connectivity index is 1.45. The van der Waals surface area contributed by atoms with Crippen molar-refractivity contribution in [2.45, 2.75) is 25.8 Å². The Morgan fingerprint density at radius 1 is 1.28 bits per heavy atom. The first kappa shape index (κ1) is 19.7. The van der Waals surface area contributed by atoms with E-state index in [4.69, 9.17) is 9.15 Å². The Hall–Kier alpha value is -2.64. The molecule has 4 rings (SSSR count). The number of rotatable bonds is 7. The molecule has 7 nitrogen and oxygen atoms in total. The fourth-order valence-corrected chi connectivity index (χ4v) is 4.30. The third kappa shape index (κ3) is 4.06. The van der Waals surface area contributed by atoms with Crippen LogP contribution in [0.5, 0.6) is 0 Å². The van der Waals surface area contributed by atoms with Crippen LogP contribution in [0.25, 0.3) is 0 Å². The summed E-state index contributed by atoms with van der Waals surface area (Å²) in [5.41, 5.74) is 2.56. The van der Waals surface area contributed by atoms with Gasteiger partial charge in [0, 0.05) is 30.3 Å². The van der Waals surface area contributed by atoms with Crippen molar-refractivity contribution in [3.05, 3.63) is 53.5 Å². The number of para-hydroxylation sites is 1. The van der Waals surface area contributed by atoms with Gasteiger partial charge in [0.15, 0.2) is 5.76 Å². The summed E-state index contributed by atoms with van der Waals surface area (Å²) < 4.78 is 10.9. The van der Waals surface area contributed by atoms with Crippen molar-refractivity contribution in [3.63, 3.8) is 0 Å². The van der Waals surface area contributed by atoms with Crippen LogP contribution in [0.2, 0.25) is 0 Å². The van der Waals surface area contributed by atoms with Crippen molar-refractivity contribution >= 4 is 17.5 Å². The maximum Gasteiger partial charge on any atom is 0.287 e. The molecule has 0 radical (unpaired) electrons. The molecule has 0 unspecified atom stereocenters. The van der Waals surface area contributed by atoms with Gasteiger partial charge >= 0.3 is 0 Å². The van der Waals surface area contributed by atoms with Gasteiger partial charge in [0.2, 0.25) is 5.91 Å². The van der Waals surface area contributed by atoms with Gasteiger partial charge in [-0.2, -0.15) is 0 Å². The smallest absolute Gasteiger partial charge is 0.287 e. The first-order valence-electron chi connectivity index (χ1n) is 10.0. The van der Waals surface area contributed by atoms with E-state index in [9.17, 15) is 9.59 Å². The first-order valence-corrected chi connectivity index (χ1v) is 10.0. The topological polar surface area (TPSA) is 83.8 Å². The molecule has 29 heavy (non-hydrogen) atoms. The van der Waals surface area contributed by atoms with Gasteiger partial charge in [0.25, 0.3) is 5.91 Å². The van der Waals surface area contributed by atoms with Gasteiger partial charge in [-0.3, -0.25) is 9.59 Å². The summed E-state index contributed by atoms with van der Waals surface area (Å²) in [7, 11) is 1.70. The fourth-order valence-electron chi connectivity index (χ4n) is 4.30. The number of benzene rings is 1. The molecule has 0 spiro atoms. The number of carbonyl (C=O) groups excluding carboxylic acids is 2. The summed E-state index contributed by atoms with van der Waals surface area (Å²) in [6.07, 6.45) is 3.80. The second kappa shape index (κ2) is 8.39. The Morgan fingerprint density at radius 3 is 2.86 bits per heavy atom. The van der Waals surface area contributed by atoms with Crippen LogP contribution in [-0.2, 0) is 22.5 Å². The quantitative estimate of drug-likeness (QED) is 0.748. The van der Waals surface area contributed by atoms with Crippen LogP contribution in [0.3, 0.4) is 0 Å². The van der Waals surface area contributed by atoms with Gasteiger partial charge in [0.05, 0.1) is 25.8 Å². The molecule has 1 saturated heterocycles. The van der Waals surface area contributed by atoms with Crippen LogP contribution in [0.4, 0.5) is 5.69 Å². The van der Waals surface area contributed by atoms with E-state index in [1.807, 2.05) is 24.3 Å².